The van der Waals surface area contributed by atoms with Crippen molar-refractivity contribution in [2.45, 2.75) is 72.3 Å². The van der Waals surface area contributed by atoms with Crippen molar-refractivity contribution in [3.8, 4) is 0 Å². The number of hydrogen-bond donors (Lipinski definition) is 1. The van der Waals surface area contributed by atoms with Gasteiger partial charge in [-0.2, -0.15) is 0 Å². The van der Waals surface area contributed by atoms with E-state index in [-0.39, 0.29) is 22.9 Å². The van der Waals surface area contributed by atoms with Gasteiger partial charge in [-0.05, 0) is 73.7 Å². The minimum Gasteiger partial charge on any atom is -0.466 e. The Labute approximate surface area is 152 Å². The van der Waals surface area contributed by atoms with E-state index in [0.29, 0.717) is 11.8 Å². The molecule has 0 spiro atoms. The highest BCUT2D eigenvalue weighted by Crippen LogP contribution is 2.63. The average molecular weight is 350 g/mol. The van der Waals surface area contributed by atoms with Gasteiger partial charge >= 0.3 is 5.97 Å². The third kappa shape index (κ3) is 3.70. The van der Waals surface area contributed by atoms with E-state index in [1.165, 1.54) is 7.11 Å². The van der Waals surface area contributed by atoms with E-state index in [1.807, 2.05) is 6.92 Å². The molecular weight excluding hydrogens is 316 g/mol. The number of ether oxygens (including phenoxy) is 1. The Balaban J connectivity index is 2.21. The fourth-order valence-electron chi connectivity index (χ4n) is 5.32. The molecule has 0 aliphatic heterocycles. The highest BCUT2D eigenvalue weighted by Gasteiger charge is 2.55. The molecule has 0 aromatic rings. The zero-order valence-corrected chi connectivity index (χ0v) is 16.4. The number of hydrogen-bond acceptors (Lipinski definition) is 4. The number of rotatable bonds is 5. The van der Waals surface area contributed by atoms with Crippen LogP contribution in [0.3, 0.4) is 0 Å². The Bertz CT molecular complexity index is 552. The van der Waals surface area contributed by atoms with Gasteiger partial charge in [-0.25, -0.2) is 9.68 Å². The Kier molecular flexibility index (Phi) is 6.16. The molecule has 2 aliphatic rings. The molecule has 25 heavy (non-hydrogen) atoms. The van der Waals surface area contributed by atoms with E-state index in [2.05, 4.69) is 27.4 Å². The van der Waals surface area contributed by atoms with Gasteiger partial charge in [0.05, 0.1) is 7.11 Å². The van der Waals surface area contributed by atoms with Crippen molar-refractivity contribution in [1.82, 2.24) is 0 Å². The van der Waals surface area contributed by atoms with Gasteiger partial charge in [0.1, 0.15) is 6.10 Å². The van der Waals surface area contributed by atoms with E-state index < -0.39 is 0 Å². The molecule has 5 unspecified atom stereocenters. The first kappa shape index (κ1) is 20.2. The molecule has 0 radical (unpaired) electrons. The second-order valence-corrected chi connectivity index (χ2v) is 8.63. The molecule has 4 heteroatoms. The average Bonchev–Trinajstić information content (AvgIpc) is 2.59. The first-order chi connectivity index (χ1) is 11.7. The SMILES string of the molecule is C=C1C(OO)CCC2C1(C)CCC(C)C2(C)CCC(C)=CC(=O)OC. The number of esters is 1. The molecule has 1 N–H and O–H groups in total. The summed E-state index contributed by atoms with van der Waals surface area (Å²) < 4.78 is 4.73. The molecule has 0 bridgehead atoms. The number of carbonyl (C=O) groups excluding carboxylic acids is 1. The molecule has 4 nitrogen and oxygen atoms in total. The van der Waals surface area contributed by atoms with Gasteiger partial charge in [0.25, 0.3) is 0 Å². The molecule has 2 saturated carbocycles. The zero-order valence-electron chi connectivity index (χ0n) is 16.4. The van der Waals surface area contributed by atoms with Crippen molar-refractivity contribution >= 4 is 5.97 Å². The fraction of sp³-hybridized carbons (Fsp3) is 0.762. The minimum absolute atomic E-state index is 0.00682. The predicted molar refractivity (Wildman–Crippen MR) is 99.0 cm³/mol. The first-order valence-electron chi connectivity index (χ1n) is 9.43. The van der Waals surface area contributed by atoms with Crippen molar-refractivity contribution in [2.24, 2.45) is 22.7 Å². The highest BCUT2D eigenvalue weighted by atomic mass is 17.1. The van der Waals surface area contributed by atoms with Gasteiger partial charge in [-0.15, -0.1) is 0 Å². The summed E-state index contributed by atoms with van der Waals surface area (Å²) in [6.45, 7) is 13.4. The second kappa shape index (κ2) is 7.63. The minimum atomic E-state index is -0.279. The van der Waals surface area contributed by atoms with Crippen LogP contribution in [0, 0.1) is 22.7 Å². The smallest absolute Gasteiger partial charge is 0.330 e. The highest BCUT2D eigenvalue weighted by molar-refractivity contribution is 5.82. The van der Waals surface area contributed by atoms with Crippen LogP contribution in [0.25, 0.3) is 0 Å². The maximum atomic E-state index is 11.5. The first-order valence-corrected chi connectivity index (χ1v) is 9.43. The van der Waals surface area contributed by atoms with Crippen LogP contribution in [-0.2, 0) is 14.4 Å². The van der Waals surface area contributed by atoms with E-state index in [4.69, 9.17) is 9.62 Å². The summed E-state index contributed by atoms with van der Waals surface area (Å²) in [5, 5.41) is 9.22. The fourth-order valence-corrected chi connectivity index (χ4v) is 5.32. The van der Waals surface area contributed by atoms with Crippen LogP contribution in [0.2, 0.25) is 0 Å². The van der Waals surface area contributed by atoms with Crippen molar-refractivity contribution in [3.05, 3.63) is 23.8 Å². The van der Waals surface area contributed by atoms with Crippen molar-refractivity contribution < 1.29 is 19.7 Å². The third-order valence-electron chi connectivity index (χ3n) is 7.38. The number of carbonyl (C=O) groups is 1. The standard InChI is InChI=1S/C21H34O4/c1-14(13-19(22)24-6)9-11-20(4)15(2)10-12-21(5)16(3)17(25-23)7-8-18(20)21/h13,15,17-18,23H,3,7-12H2,1-2,4-6H3. The summed E-state index contributed by atoms with van der Waals surface area (Å²) in [5.41, 5.74) is 2.30. The van der Waals surface area contributed by atoms with Crippen molar-refractivity contribution in [1.29, 1.82) is 0 Å². The van der Waals surface area contributed by atoms with Crippen LogP contribution in [0.1, 0.15) is 66.2 Å². The topological polar surface area (TPSA) is 55.8 Å². The van der Waals surface area contributed by atoms with Crippen molar-refractivity contribution in [2.75, 3.05) is 7.11 Å². The molecular formula is C21H34O4. The summed E-state index contributed by atoms with van der Waals surface area (Å²) in [4.78, 5) is 16.2. The summed E-state index contributed by atoms with van der Waals surface area (Å²) in [5.74, 6) is 0.864. The van der Waals surface area contributed by atoms with E-state index >= 15 is 0 Å². The largest absolute Gasteiger partial charge is 0.466 e. The molecule has 0 amide bonds. The van der Waals surface area contributed by atoms with Crippen LogP contribution >= 0.6 is 0 Å². The molecule has 0 heterocycles. The lowest BCUT2D eigenvalue weighted by Gasteiger charge is -2.59. The van der Waals surface area contributed by atoms with E-state index in [1.54, 1.807) is 6.08 Å². The lowest BCUT2D eigenvalue weighted by Crippen LogP contribution is -2.53. The van der Waals surface area contributed by atoms with E-state index in [0.717, 1.165) is 49.7 Å². The van der Waals surface area contributed by atoms with Gasteiger partial charge in [-0.3, -0.25) is 5.26 Å². The molecule has 0 aromatic carbocycles. The van der Waals surface area contributed by atoms with Gasteiger partial charge < -0.3 is 4.74 Å². The van der Waals surface area contributed by atoms with Gasteiger partial charge in [0, 0.05) is 6.08 Å². The second-order valence-electron chi connectivity index (χ2n) is 8.63. The molecule has 2 rings (SSSR count). The van der Waals surface area contributed by atoms with E-state index in [9.17, 15) is 10.1 Å². The van der Waals surface area contributed by atoms with Crippen LogP contribution in [0.5, 0.6) is 0 Å². The maximum Gasteiger partial charge on any atom is 0.330 e. The van der Waals surface area contributed by atoms with Crippen LogP contribution in [0.4, 0.5) is 0 Å². The molecule has 0 aromatic heterocycles. The van der Waals surface area contributed by atoms with Gasteiger partial charge in [0.2, 0.25) is 0 Å². The molecule has 142 valence electrons. The maximum absolute atomic E-state index is 11.5. The number of fused-ring (bicyclic) bond motifs is 1. The summed E-state index contributed by atoms with van der Waals surface area (Å²) in [6, 6.07) is 0. The van der Waals surface area contributed by atoms with Crippen LogP contribution in [-0.4, -0.2) is 24.4 Å². The van der Waals surface area contributed by atoms with Crippen molar-refractivity contribution in [3.63, 3.8) is 0 Å². The summed E-state index contributed by atoms with van der Waals surface area (Å²) >= 11 is 0. The third-order valence-corrected chi connectivity index (χ3v) is 7.38. The number of methoxy groups -OCH3 is 1. The lowest BCUT2D eigenvalue weighted by molar-refractivity contribution is -0.280. The lowest BCUT2D eigenvalue weighted by atomic mass is 9.46. The molecule has 2 fully saturated rings. The number of allylic oxidation sites excluding steroid dienone is 1. The van der Waals surface area contributed by atoms with Gasteiger partial charge in [-0.1, -0.05) is 32.9 Å². The Morgan fingerprint density at radius 2 is 2.04 bits per heavy atom. The monoisotopic (exact) mass is 350 g/mol. The quantitative estimate of drug-likeness (QED) is 0.245. The Morgan fingerprint density at radius 1 is 1.36 bits per heavy atom. The molecule has 5 atom stereocenters. The normalized spacial score (nSPS) is 39.0. The summed E-state index contributed by atoms with van der Waals surface area (Å²) in [6.07, 6.45) is 7.44. The molecule has 2 aliphatic carbocycles. The van der Waals surface area contributed by atoms with Crippen LogP contribution < -0.4 is 0 Å². The molecule has 0 saturated heterocycles. The zero-order chi connectivity index (χ0) is 18.8. The Hall–Kier alpha value is -1.13. The predicted octanol–water partition coefficient (Wildman–Crippen LogP) is 5.15. The summed E-state index contributed by atoms with van der Waals surface area (Å²) in [7, 11) is 1.41. The Morgan fingerprint density at radius 3 is 2.64 bits per heavy atom. The van der Waals surface area contributed by atoms with Crippen LogP contribution in [0.15, 0.2) is 23.8 Å². The van der Waals surface area contributed by atoms with Gasteiger partial charge in [0.15, 0.2) is 0 Å².